The molecule has 0 radical (unpaired) electrons. The lowest BCUT2D eigenvalue weighted by Gasteiger charge is -2.29. The number of aryl methyl sites for hydroxylation is 1. The van der Waals surface area contributed by atoms with Crippen LogP contribution in [-0.4, -0.2) is 52.7 Å². The van der Waals surface area contributed by atoms with Crippen molar-refractivity contribution in [2.45, 2.75) is 51.1 Å². The maximum absolute atomic E-state index is 12.9. The summed E-state index contributed by atoms with van der Waals surface area (Å²) in [6.45, 7) is 4.14. The highest BCUT2D eigenvalue weighted by atomic mass is 16.5. The van der Waals surface area contributed by atoms with E-state index in [0.29, 0.717) is 31.0 Å². The number of aromatic nitrogens is 2. The molecule has 1 saturated heterocycles. The lowest BCUT2D eigenvalue weighted by atomic mass is 9.93. The Bertz CT molecular complexity index is 604. The Hall–Kier alpha value is -1.40. The average Bonchev–Trinajstić information content (AvgIpc) is 3.52. The zero-order valence-electron chi connectivity index (χ0n) is 15.2. The smallest absolute Gasteiger partial charge is 0.225 e. The number of imidazole rings is 1. The fraction of sp³-hybridized carbons (Fsp3) is 0.789. The Labute approximate surface area is 149 Å². The molecular formula is C19H30N4O2. The fourth-order valence-electron chi connectivity index (χ4n) is 4.14. The summed E-state index contributed by atoms with van der Waals surface area (Å²) in [6.07, 6.45) is 10.3. The molecule has 1 atom stereocenters. The van der Waals surface area contributed by atoms with Gasteiger partial charge < -0.3 is 19.5 Å². The van der Waals surface area contributed by atoms with E-state index >= 15 is 0 Å². The first-order valence-corrected chi connectivity index (χ1v) is 9.72. The molecule has 6 heteroatoms. The summed E-state index contributed by atoms with van der Waals surface area (Å²) in [5, 5.41) is 3.44. The van der Waals surface area contributed by atoms with Crippen molar-refractivity contribution in [3.8, 4) is 0 Å². The van der Waals surface area contributed by atoms with E-state index in [0.717, 1.165) is 37.9 Å². The molecule has 1 unspecified atom stereocenters. The summed E-state index contributed by atoms with van der Waals surface area (Å²) >= 11 is 0. The van der Waals surface area contributed by atoms with Crippen LogP contribution < -0.4 is 5.32 Å². The predicted octanol–water partition coefficient (Wildman–Crippen LogP) is 1.71. The van der Waals surface area contributed by atoms with E-state index in [2.05, 4.69) is 15.2 Å². The van der Waals surface area contributed by atoms with Crippen LogP contribution in [-0.2, 0) is 23.1 Å². The maximum atomic E-state index is 12.9. The third kappa shape index (κ3) is 3.90. The molecular weight excluding hydrogens is 316 g/mol. The van der Waals surface area contributed by atoms with Gasteiger partial charge in [0.25, 0.3) is 0 Å². The van der Waals surface area contributed by atoms with Crippen molar-refractivity contribution in [1.29, 1.82) is 0 Å². The number of hydrogen-bond acceptors (Lipinski definition) is 4. The molecule has 25 heavy (non-hydrogen) atoms. The van der Waals surface area contributed by atoms with Gasteiger partial charge in [-0.1, -0.05) is 0 Å². The quantitative estimate of drug-likeness (QED) is 0.728. The number of nitrogens with one attached hydrogen (secondary N) is 1. The van der Waals surface area contributed by atoms with Crippen LogP contribution in [0.15, 0.2) is 12.4 Å². The maximum Gasteiger partial charge on any atom is 0.225 e. The lowest BCUT2D eigenvalue weighted by molar-refractivity contribution is -0.134. The Balaban J connectivity index is 1.38. The van der Waals surface area contributed by atoms with Crippen molar-refractivity contribution < 1.29 is 9.53 Å². The standard InChI is InChI=1S/C19H30N4O2/c1-22-10-9-21-17(22)13-23(16-12-19(16)5-7-20-8-6-19)18(24)4-11-25-14-15-2-3-15/h9-10,15-16,20H,2-8,11-14H2,1H3. The number of carbonyl (C=O) groups excluding carboxylic acids is 1. The molecule has 2 saturated carbocycles. The molecule has 6 nitrogen and oxygen atoms in total. The van der Waals surface area contributed by atoms with E-state index in [-0.39, 0.29) is 5.91 Å². The van der Waals surface area contributed by atoms with E-state index in [9.17, 15) is 4.79 Å². The molecule has 3 fully saturated rings. The van der Waals surface area contributed by atoms with Gasteiger partial charge in [-0.2, -0.15) is 0 Å². The predicted molar refractivity (Wildman–Crippen MR) is 94.9 cm³/mol. The van der Waals surface area contributed by atoms with Crippen molar-refractivity contribution in [1.82, 2.24) is 19.8 Å². The van der Waals surface area contributed by atoms with Crippen LogP contribution in [0.5, 0.6) is 0 Å². The van der Waals surface area contributed by atoms with Crippen LogP contribution in [0.1, 0.15) is 44.3 Å². The van der Waals surface area contributed by atoms with E-state index < -0.39 is 0 Å². The SMILES string of the molecule is Cn1ccnc1CN(C(=O)CCOCC1CC1)C1CC12CCNCC2. The molecule has 0 bridgehead atoms. The van der Waals surface area contributed by atoms with Crippen molar-refractivity contribution in [2.24, 2.45) is 18.4 Å². The van der Waals surface area contributed by atoms with Crippen molar-refractivity contribution in [3.63, 3.8) is 0 Å². The van der Waals surface area contributed by atoms with Crippen molar-refractivity contribution in [3.05, 3.63) is 18.2 Å². The second-order valence-corrected chi connectivity index (χ2v) is 8.08. The summed E-state index contributed by atoms with van der Waals surface area (Å²) in [6, 6.07) is 0.377. The second kappa shape index (κ2) is 7.08. The molecule has 1 N–H and O–H groups in total. The van der Waals surface area contributed by atoms with Gasteiger partial charge in [-0.15, -0.1) is 0 Å². The number of carbonyl (C=O) groups is 1. The minimum atomic E-state index is 0.221. The first kappa shape index (κ1) is 17.0. The highest BCUT2D eigenvalue weighted by molar-refractivity contribution is 5.77. The minimum absolute atomic E-state index is 0.221. The zero-order valence-corrected chi connectivity index (χ0v) is 15.2. The molecule has 1 spiro atoms. The van der Waals surface area contributed by atoms with Crippen molar-refractivity contribution in [2.75, 3.05) is 26.3 Å². The summed E-state index contributed by atoms with van der Waals surface area (Å²) in [4.78, 5) is 19.5. The topological polar surface area (TPSA) is 59.4 Å². The molecule has 3 aliphatic rings. The van der Waals surface area contributed by atoms with Gasteiger partial charge in [0.05, 0.1) is 19.6 Å². The van der Waals surface area contributed by atoms with E-state index in [1.165, 1.54) is 25.7 Å². The van der Waals surface area contributed by atoms with Gasteiger partial charge in [0.2, 0.25) is 5.91 Å². The summed E-state index contributed by atoms with van der Waals surface area (Å²) in [5.74, 6) is 1.93. The second-order valence-electron chi connectivity index (χ2n) is 8.08. The van der Waals surface area contributed by atoms with Gasteiger partial charge >= 0.3 is 0 Å². The summed E-state index contributed by atoms with van der Waals surface area (Å²) < 4.78 is 7.71. The molecule has 1 aromatic heterocycles. The van der Waals surface area contributed by atoms with Crippen LogP contribution in [0.4, 0.5) is 0 Å². The minimum Gasteiger partial charge on any atom is -0.381 e. The van der Waals surface area contributed by atoms with Crippen molar-refractivity contribution >= 4 is 5.91 Å². The molecule has 138 valence electrons. The zero-order chi connectivity index (χ0) is 17.3. The summed E-state index contributed by atoms with van der Waals surface area (Å²) in [7, 11) is 2.00. The van der Waals surface area contributed by atoms with Gasteiger partial charge in [-0.25, -0.2) is 4.98 Å². The van der Waals surface area contributed by atoms with Crippen LogP contribution in [0, 0.1) is 11.3 Å². The lowest BCUT2D eigenvalue weighted by Crippen LogP contribution is -2.39. The molecule has 1 aliphatic heterocycles. The number of nitrogens with zero attached hydrogens (tertiary/aromatic N) is 3. The van der Waals surface area contributed by atoms with E-state index in [1.54, 1.807) is 0 Å². The third-order valence-corrected chi connectivity index (χ3v) is 6.19. The number of ether oxygens (including phenoxy) is 1. The van der Waals surface area contributed by atoms with Gasteiger partial charge in [0, 0.05) is 32.1 Å². The van der Waals surface area contributed by atoms with Gasteiger partial charge in [-0.3, -0.25) is 4.79 Å². The average molecular weight is 346 g/mol. The van der Waals surface area contributed by atoms with Gasteiger partial charge in [-0.05, 0) is 56.5 Å². The molecule has 1 aromatic rings. The molecule has 4 rings (SSSR count). The van der Waals surface area contributed by atoms with Gasteiger partial charge in [0.15, 0.2) is 0 Å². The van der Waals surface area contributed by atoms with Crippen LogP contribution in [0.3, 0.4) is 0 Å². The molecule has 2 heterocycles. The highest BCUT2D eigenvalue weighted by Crippen LogP contribution is 2.56. The molecule has 1 amide bonds. The van der Waals surface area contributed by atoms with E-state index in [4.69, 9.17) is 4.74 Å². The number of piperidine rings is 1. The number of rotatable bonds is 8. The monoisotopic (exact) mass is 346 g/mol. The first-order valence-electron chi connectivity index (χ1n) is 9.72. The largest absolute Gasteiger partial charge is 0.381 e. The first-order chi connectivity index (χ1) is 12.2. The Kier molecular flexibility index (Phi) is 4.82. The summed E-state index contributed by atoms with van der Waals surface area (Å²) in [5.41, 5.74) is 0.348. The number of amides is 1. The van der Waals surface area contributed by atoms with Crippen LogP contribution in [0.2, 0.25) is 0 Å². The molecule has 0 aromatic carbocycles. The Morgan fingerprint density at radius 2 is 2.24 bits per heavy atom. The molecule has 2 aliphatic carbocycles. The third-order valence-electron chi connectivity index (χ3n) is 6.19. The normalized spacial score (nSPS) is 24.4. The Morgan fingerprint density at radius 3 is 2.92 bits per heavy atom. The number of hydrogen-bond donors (Lipinski definition) is 1. The Morgan fingerprint density at radius 1 is 1.44 bits per heavy atom. The van der Waals surface area contributed by atoms with E-state index in [1.807, 2.05) is 24.0 Å². The highest BCUT2D eigenvalue weighted by Gasteiger charge is 2.57. The van der Waals surface area contributed by atoms with Crippen LogP contribution in [0.25, 0.3) is 0 Å². The van der Waals surface area contributed by atoms with Crippen LogP contribution >= 0.6 is 0 Å². The fourth-order valence-corrected chi connectivity index (χ4v) is 4.14. The van der Waals surface area contributed by atoms with Gasteiger partial charge in [0.1, 0.15) is 5.82 Å².